The number of esters is 1. The van der Waals surface area contributed by atoms with Gasteiger partial charge >= 0.3 is 5.97 Å². The second-order valence-corrected chi connectivity index (χ2v) is 6.74. The summed E-state index contributed by atoms with van der Waals surface area (Å²) in [6.45, 7) is 0.718. The van der Waals surface area contributed by atoms with Gasteiger partial charge in [0.05, 0.1) is 19.6 Å². The first-order valence-electron chi connectivity index (χ1n) is 8.48. The summed E-state index contributed by atoms with van der Waals surface area (Å²) in [5, 5.41) is 0. The third kappa shape index (κ3) is 2.11. The average molecular weight is 338 g/mol. The molecule has 2 aromatic rings. The van der Waals surface area contributed by atoms with Crippen LogP contribution in [0.25, 0.3) is 0 Å². The SMILES string of the molecule is COc1ccccc1[C@H]1c2cc3c(cc2C[C@H]2COC(=O)[C@@H]21)OCO3. The quantitative estimate of drug-likeness (QED) is 0.788. The normalized spacial score (nSPS) is 26.0. The van der Waals surface area contributed by atoms with E-state index in [1.54, 1.807) is 7.11 Å². The van der Waals surface area contributed by atoms with Gasteiger partial charge in [-0.3, -0.25) is 4.79 Å². The minimum Gasteiger partial charge on any atom is -0.496 e. The average Bonchev–Trinajstić information content (AvgIpc) is 3.24. The van der Waals surface area contributed by atoms with Crippen molar-refractivity contribution < 1.29 is 23.7 Å². The Labute approximate surface area is 145 Å². The molecule has 2 aromatic carbocycles. The Hall–Kier alpha value is -2.69. The molecule has 0 spiro atoms. The Morgan fingerprint density at radius 3 is 2.68 bits per heavy atom. The van der Waals surface area contributed by atoms with Crippen molar-refractivity contribution in [2.45, 2.75) is 12.3 Å². The lowest BCUT2D eigenvalue weighted by Crippen LogP contribution is -2.31. The molecule has 5 rings (SSSR count). The monoisotopic (exact) mass is 338 g/mol. The number of rotatable bonds is 2. The van der Waals surface area contributed by atoms with Gasteiger partial charge in [0.1, 0.15) is 5.75 Å². The van der Waals surface area contributed by atoms with Crippen LogP contribution in [-0.4, -0.2) is 26.5 Å². The van der Waals surface area contributed by atoms with Gasteiger partial charge in [0.25, 0.3) is 0 Å². The van der Waals surface area contributed by atoms with Crippen molar-refractivity contribution in [1.29, 1.82) is 0 Å². The molecule has 25 heavy (non-hydrogen) atoms. The van der Waals surface area contributed by atoms with E-state index < -0.39 is 0 Å². The number of carbonyl (C=O) groups is 1. The predicted molar refractivity (Wildman–Crippen MR) is 89.0 cm³/mol. The van der Waals surface area contributed by atoms with Crippen LogP contribution in [0, 0.1) is 11.8 Å². The molecule has 1 fully saturated rings. The number of para-hydroxylation sites is 1. The molecule has 5 heteroatoms. The van der Waals surface area contributed by atoms with Gasteiger partial charge in [-0.25, -0.2) is 0 Å². The zero-order chi connectivity index (χ0) is 17.0. The number of benzene rings is 2. The molecule has 0 radical (unpaired) electrons. The van der Waals surface area contributed by atoms with Crippen LogP contribution >= 0.6 is 0 Å². The van der Waals surface area contributed by atoms with Gasteiger partial charge in [0.15, 0.2) is 11.5 Å². The van der Waals surface area contributed by atoms with Crippen molar-refractivity contribution in [3.63, 3.8) is 0 Å². The minimum absolute atomic E-state index is 0.102. The number of ether oxygens (including phenoxy) is 4. The number of hydrogen-bond donors (Lipinski definition) is 0. The maximum absolute atomic E-state index is 12.5. The van der Waals surface area contributed by atoms with E-state index >= 15 is 0 Å². The largest absolute Gasteiger partial charge is 0.496 e. The summed E-state index contributed by atoms with van der Waals surface area (Å²) < 4.78 is 22.1. The molecule has 2 heterocycles. The lowest BCUT2D eigenvalue weighted by molar-refractivity contribution is -0.141. The van der Waals surface area contributed by atoms with Gasteiger partial charge < -0.3 is 18.9 Å². The molecule has 3 aliphatic rings. The number of carbonyl (C=O) groups excluding carboxylic acids is 1. The predicted octanol–water partition coefficient (Wildman–Crippen LogP) is 2.90. The first kappa shape index (κ1) is 14.6. The molecular weight excluding hydrogens is 320 g/mol. The molecule has 0 saturated carbocycles. The molecule has 0 amide bonds. The van der Waals surface area contributed by atoms with Crippen LogP contribution in [0.2, 0.25) is 0 Å². The van der Waals surface area contributed by atoms with Crippen LogP contribution < -0.4 is 14.2 Å². The Bertz CT molecular complexity index is 859. The molecule has 0 N–H and O–H groups in total. The van der Waals surface area contributed by atoms with Gasteiger partial charge in [0.2, 0.25) is 6.79 Å². The summed E-state index contributed by atoms with van der Waals surface area (Å²) in [5.41, 5.74) is 3.31. The smallest absolute Gasteiger partial charge is 0.310 e. The van der Waals surface area contributed by atoms with Gasteiger partial charge in [-0.15, -0.1) is 0 Å². The molecule has 128 valence electrons. The summed E-state index contributed by atoms with van der Waals surface area (Å²) in [7, 11) is 1.66. The summed E-state index contributed by atoms with van der Waals surface area (Å²) in [4.78, 5) is 12.5. The second-order valence-electron chi connectivity index (χ2n) is 6.74. The van der Waals surface area contributed by atoms with Crippen molar-refractivity contribution >= 4 is 5.97 Å². The van der Waals surface area contributed by atoms with Gasteiger partial charge in [-0.1, -0.05) is 18.2 Å². The van der Waals surface area contributed by atoms with E-state index in [9.17, 15) is 4.79 Å². The molecule has 1 saturated heterocycles. The Morgan fingerprint density at radius 2 is 1.84 bits per heavy atom. The van der Waals surface area contributed by atoms with E-state index in [4.69, 9.17) is 18.9 Å². The van der Waals surface area contributed by atoms with Gasteiger partial charge in [0, 0.05) is 17.4 Å². The summed E-state index contributed by atoms with van der Waals surface area (Å²) in [6, 6.07) is 12.0. The highest BCUT2D eigenvalue weighted by Crippen LogP contribution is 2.51. The maximum Gasteiger partial charge on any atom is 0.310 e. The Kier molecular flexibility index (Phi) is 3.17. The molecule has 0 aromatic heterocycles. The fourth-order valence-corrected chi connectivity index (χ4v) is 4.40. The minimum atomic E-state index is -0.191. The van der Waals surface area contributed by atoms with Crippen LogP contribution in [0.1, 0.15) is 22.6 Å². The number of fused-ring (bicyclic) bond motifs is 3. The van der Waals surface area contributed by atoms with E-state index in [-0.39, 0.29) is 30.5 Å². The van der Waals surface area contributed by atoms with Crippen LogP contribution in [0.15, 0.2) is 36.4 Å². The van der Waals surface area contributed by atoms with Crippen molar-refractivity contribution in [1.82, 2.24) is 0 Å². The summed E-state index contributed by atoms with van der Waals surface area (Å²) in [5.74, 6) is 2.07. The molecule has 1 aliphatic carbocycles. The zero-order valence-corrected chi connectivity index (χ0v) is 13.9. The van der Waals surface area contributed by atoms with Crippen LogP contribution in [0.3, 0.4) is 0 Å². The van der Waals surface area contributed by atoms with Crippen LogP contribution in [0.5, 0.6) is 17.2 Å². The fourth-order valence-electron chi connectivity index (χ4n) is 4.40. The third-order valence-electron chi connectivity index (χ3n) is 5.50. The topological polar surface area (TPSA) is 54.0 Å². The van der Waals surface area contributed by atoms with Crippen molar-refractivity contribution in [3.8, 4) is 17.2 Å². The highest BCUT2D eigenvalue weighted by molar-refractivity contribution is 5.78. The summed E-state index contributed by atoms with van der Waals surface area (Å²) >= 11 is 0. The molecule has 0 bridgehead atoms. The van der Waals surface area contributed by atoms with Crippen molar-refractivity contribution in [2.75, 3.05) is 20.5 Å². The van der Waals surface area contributed by atoms with Crippen molar-refractivity contribution in [3.05, 3.63) is 53.1 Å². The van der Waals surface area contributed by atoms with E-state index in [0.29, 0.717) is 6.61 Å². The van der Waals surface area contributed by atoms with Gasteiger partial charge in [-0.05, 0) is 35.7 Å². The number of cyclic esters (lactones) is 1. The highest BCUT2D eigenvalue weighted by atomic mass is 16.7. The lowest BCUT2D eigenvalue weighted by Gasteiger charge is -2.34. The molecular formula is C20H18O5. The fraction of sp³-hybridized carbons (Fsp3) is 0.350. The van der Waals surface area contributed by atoms with E-state index in [2.05, 4.69) is 6.07 Å². The first-order chi connectivity index (χ1) is 12.3. The van der Waals surface area contributed by atoms with Crippen LogP contribution in [-0.2, 0) is 16.0 Å². The molecule has 3 atom stereocenters. The Morgan fingerprint density at radius 1 is 1.04 bits per heavy atom. The van der Waals surface area contributed by atoms with E-state index in [1.807, 2.05) is 30.3 Å². The first-order valence-corrected chi connectivity index (χ1v) is 8.48. The maximum atomic E-state index is 12.5. The molecule has 0 unspecified atom stereocenters. The van der Waals surface area contributed by atoms with E-state index in [1.165, 1.54) is 5.56 Å². The van der Waals surface area contributed by atoms with Crippen molar-refractivity contribution in [2.24, 2.45) is 11.8 Å². The molecule has 5 nitrogen and oxygen atoms in total. The van der Waals surface area contributed by atoms with Gasteiger partial charge in [-0.2, -0.15) is 0 Å². The summed E-state index contributed by atoms with van der Waals surface area (Å²) in [6.07, 6.45) is 0.814. The molecule has 2 aliphatic heterocycles. The third-order valence-corrected chi connectivity index (χ3v) is 5.50. The standard InChI is InChI=1S/C20H18O5/c1-22-15-5-3-2-4-13(15)19-14-8-17-16(24-10-25-17)7-11(14)6-12-9-23-20(21)18(12)19/h2-5,7-8,12,18-19H,6,9-10H2,1H3/t12-,18-,19-/m0/s1. The number of hydrogen-bond acceptors (Lipinski definition) is 5. The second kappa shape index (κ2) is 5.41. The number of methoxy groups -OCH3 is 1. The van der Waals surface area contributed by atoms with E-state index in [0.717, 1.165) is 34.8 Å². The zero-order valence-electron chi connectivity index (χ0n) is 13.9. The lowest BCUT2D eigenvalue weighted by atomic mass is 9.67. The Balaban J connectivity index is 1.73. The highest BCUT2D eigenvalue weighted by Gasteiger charge is 2.48. The van der Waals surface area contributed by atoms with Crippen LogP contribution in [0.4, 0.5) is 0 Å².